The van der Waals surface area contributed by atoms with E-state index in [-0.39, 0.29) is 0 Å². The van der Waals surface area contributed by atoms with Crippen molar-refractivity contribution in [3.8, 4) is 5.69 Å². The summed E-state index contributed by atoms with van der Waals surface area (Å²) < 4.78 is 2.78. The fraction of sp³-hybridized carbons (Fsp3) is 0.417. The highest BCUT2D eigenvalue weighted by Crippen LogP contribution is 2.23. The highest BCUT2D eigenvalue weighted by molar-refractivity contribution is 9.10. The Morgan fingerprint density at radius 3 is 3.00 bits per heavy atom. The van der Waals surface area contributed by atoms with E-state index >= 15 is 0 Å². The maximum Gasteiger partial charge on any atom is 0.170 e. The molecule has 1 aliphatic carbocycles. The number of tetrazole rings is 1. The second kappa shape index (κ2) is 4.78. The first kappa shape index (κ1) is 11.8. The lowest BCUT2D eigenvalue weighted by Crippen LogP contribution is -2.19. The van der Waals surface area contributed by atoms with Crippen molar-refractivity contribution >= 4 is 15.9 Å². The first-order valence-corrected chi connectivity index (χ1v) is 6.80. The zero-order valence-electron chi connectivity index (χ0n) is 10.1. The molecule has 1 aromatic carbocycles. The summed E-state index contributed by atoms with van der Waals surface area (Å²) in [6.07, 6.45) is 2.52. The summed E-state index contributed by atoms with van der Waals surface area (Å²) in [5.41, 5.74) is 2.18. The van der Waals surface area contributed by atoms with Crippen LogP contribution in [0.4, 0.5) is 0 Å². The molecule has 0 radical (unpaired) electrons. The third-order valence-corrected chi connectivity index (χ3v) is 3.63. The predicted octanol–water partition coefficient (Wildman–Crippen LogP) is 1.99. The topological polar surface area (TPSA) is 55.6 Å². The molecule has 1 saturated carbocycles. The van der Waals surface area contributed by atoms with Crippen LogP contribution in [0.25, 0.3) is 5.69 Å². The third-order valence-electron chi connectivity index (χ3n) is 2.99. The van der Waals surface area contributed by atoms with Crippen LogP contribution < -0.4 is 5.32 Å². The summed E-state index contributed by atoms with van der Waals surface area (Å²) in [5, 5.41) is 15.3. The largest absolute Gasteiger partial charge is 0.307 e. The molecule has 0 aliphatic heterocycles. The van der Waals surface area contributed by atoms with Crippen molar-refractivity contribution in [3.05, 3.63) is 34.1 Å². The van der Waals surface area contributed by atoms with Gasteiger partial charge in [0.25, 0.3) is 0 Å². The van der Waals surface area contributed by atoms with Crippen LogP contribution in [0.3, 0.4) is 0 Å². The molecule has 1 fully saturated rings. The third kappa shape index (κ3) is 2.44. The molecule has 18 heavy (non-hydrogen) atoms. The SMILES string of the molecule is Cc1ccc(-n2nnnc2CNC2CC2)c(Br)c1. The van der Waals surface area contributed by atoms with E-state index in [9.17, 15) is 0 Å². The number of hydrogen-bond donors (Lipinski definition) is 1. The zero-order chi connectivity index (χ0) is 12.5. The van der Waals surface area contributed by atoms with Gasteiger partial charge in [0.2, 0.25) is 0 Å². The Bertz CT molecular complexity index is 561. The number of hydrogen-bond acceptors (Lipinski definition) is 4. The van der Waals surface area contributed by atoms with E-state index in [1.165, 1.54) is 18.4 Å². The van der Waals surface area contributed by atoms with Gasteiger partial charge in [0, 0.05) is 10.5 Å². The Morgan fingerprint density at radius 1 is 1.44 bits per heavy atom. The fourth-order valence-corrected chi connectivity index (χ4v) is 2.47. The van der Waals surface area contributed by atoms with E-state index in [0.717, 1.165) is 16.0 Å². The second-order valence-corrected chi connectivity index (χ2v) is 5.47. The molecule has 5 nitrogen and oxygen atoms in total. The molecule has 6 heteroatoms. The monoisotopic (exact) mass is 307 g/mol. The van der Waals surface area contributed by atoms with Gasteiger partial charge in [0.15, 0.2) is 5.82 Å². The number of nitrogens with one attached hydrogen (secondary N) is 1. The van der Waals surface area contributed by atoms with E-state index < -0.39 is 0 Å². The van der Waals surface area contributed by atoms with Gasteiger partial charge in [-0.1, -0.05) is 6.07 Å². The van der Waals surface area contributed by atoms with Gasteiger partial charge in [-0.2, -0.15) is 4.68 Å². The molecule has 0 saturated heterocycles. The van der Waals surface area contributed by atoms with Gasteiger partial charge in [-0.3, -0.25) is 0 Å². The number of halogens is 1. The van der Waals surface area contributed by atoms with Crippen LogP contribution >= 0.6 is 15.9 Å². The number of rotatable bonds is 4. The summed E-state index contributed by atoms with van der Waals surface area (Å²) in [4.78, 5) is 0. The molecule has 1 heterocycles. The number of benzene rings is 1. The van der Waals surface area contributed by atoms with E-state index in [4.69, 9.17) is 0 Å². The van der Waals surface area contributed by atoms with Crippen LogP contribution in [0.1, 0.15) is 24.2 Å². The quantitative estimate of drug-likeness (QED) is 0.938. The van der Waals surface area contributed by atoms with Crippen molar-refractivity contribution < 1.29 is 0 Å². The Balaban J connectivity index is 1.88. The minimum atomic E-state index is 0.650. The van der Waals surface area contributed by atoms with Crippen molar-refractivity contribution in [2.24, 2.45) is 0 Å². The predicted molar refractivity (Wildman–Crippen MR) is 71.5 cm³/mol. The normalized spacial score (nSPS) is 15.0. The van der Waals surface area contributed by atoms with Crippen LogP contribution in [-0.4, -0.2) is 26.2 Å². The minimum absolute atomic E-state index is 0.650. The van der Waals surface area contributed by atoms with Crippen molar-refractivity contribution in [1.82, 2.24) is 25.5 Å². The molecule has 1 aliphatic rings. The van der Waals surface area contributed by atoms with Crippen LogP contribution in [0, 0.1) is 6.92 Å². The molecule has 3 rings (SSSR count). The molecule has 2 aromatic rings. The molecular formula is C12H14BrN5. The van der Waals surface area contributed by atoms with Crippen molar-refractivity contribution in [3.63, 3.8) is 0 Å². The maximum absolute atomic E-state index is 4.07. The Kier molecular flexibility index (Phi) is 3.13. The van der Waals surface area contributed by atoms with Crippen LogP contribution in [0.5, 0.6) is 0 Å². The van der Waals surface area contributed by atoms with Gasteiger partial charge in [0.1, 0.15) is 0 Å². The van der Waals surface area contributed by atoms with Crippen LogP contribution in [0.15, 0.2) is 22.7 Å². The Hall–Kier alpha value is -1.27. The molecule has 1 N–H and O–H groups in total. The highest BCUT2D eigenvalue weighted by Gasteiger charge is 2.21. The van der Waals surface area contributed by atoms with Gasteiger partial charge in [0.05, 0.1) is 12.2 Å². The maximum atomic E-state index is 4.07. The Labute approximate surface area is 114 Å². The summed E-state index contributed by atoms with van der Waals surface area (Å²) >= 11 is 3.56. The average Bonchev–Trinajstić information content (AvgIpc) is 3.06. The van der Waals surface area contributed by atoms with Gasteiger partial charge in [-0.25, -0.2) is 0 Å². The molecule has 0 bridgehead atoms. The second-order valence-electron chi connectivity index (χ2n) is 4.62. The number of aromatic nitrogens is 4. The Morgan fingerprint density at radius 2 is 2.28 bits per heavy atom. The zero-order valence-corrected chi connectivity index (χ0v) is 11.7. The summed E-state index contributed by atoms with van der Waals surface area (Å²) in [6, 6.07) is 6.79. The van der Waals surface area contributed by atoms with E-state index in [0.29, 0.717) is 12.6 Å². The van der Waals surface area contributed by atoms with Crippen molar-refractivity contribution in [2.45, 2.75) is 32.4 Å². The van der Waals surface area contributed by atoms with E-state index in [2.05, 4.69) is 55.8 Å². The highest BCUT2D eigenvalue weighted by atomic mass is 79.9. The smallest absolute Gasteiger partial charge is 0.170 e. The number of aryl methyl sites for hydroxylation is 1. The lowest BCUT2D eigenvalue weighted by atomic mass is 10.2. The number of nitrogens with zero attached hydrogens (tertiary/aromatic N) is 4. The van der Waals surface area contributed by atoms with E-state index in [1.807, 2.05) is 6.07 Å². The van der Waals surface area contributed by atoms with Gasteiger partial charge < -0.3 is 5.32 Å². The molecule has 1 aromatic heterocycles. The molecular weight excluding hydrogens is 294 g/mol. The van der Waals surface area contributed by atoms with E-state index in [1.54, 1.807) is 4.68 Å². The fourth-order valence-electron chi connectivity index (χ4n) is 1.81. The lowest BCUT2D eigenvalue weighted by molar-refractivity contribution is 0.637. The standard InChI is InChI=1S/C12H14BrN5/c1-8-2-5-11(10(13)6-8)18-12(15-16-17-18)7-14-9-3-4-9/h2,5-6,9,14H,3-4,7H2,1H3. The average molecular weight is 308 g/mol. The molecule has 94 valence electrons. The van der Waals surface area contributed by atoms with Crippen molar-refractivity contribution in [1.29, 1.82) is 0 Å². The summed E-state index contributed by atoms with van der Waals surface area (Å²) in [6.45, 7) is 2.77. The van der Waals surface area contributed by atoms with Gasteiger partial charge >= 0.3 is 0 Å². The van der Waals surface area contributed by atoms with Crippen LogP contribution in [-0.2, 0) is 6.54 Å². The van der Waals surface area contributed by atoms with Crippen LogP contribution in [0.2, 0.25) is 0 Å². The molecule has 0 unspecified atom stereocenters. The molecule has 0 amide bonds. The summed E-state index contributed by atoms with van der Waals surface area (Å²) in [7, 11) is 0. The van der Waals surface area contributed by atoms with Gasteiger partial charge in [-0.05, 0) is 63.8 Å². The minimum Gasteiger partial charge on any atom is -0.307 e. The van der Waals surface area contributed by atoms with Gasteiger partial charge in [-0.15, -0.1) is 5.10 Å². The lowest BCUT2D eigenvalue weighted by Gasteiger charge is -2.08. The molecule has 0 atom stereocenters. The summed E-state index contributed by atoms with van der Waals surface area (Å²) in [5.74, 6) is 0.839. The molecule has 0 spiro atoms. The first-order chi connectivity index (χ1) is 8.74. The first-order valence-electron chi connectivity index (χ1n) is 6.01. The van der Waals surface area contributed by atoms with Crippen molar-refractivity contribution in [2.75, 3.05) is 0 Å².